The molecule has 0 fully saturated rings. The highest BCUT2D eigenvalue weighted by atomic mass is 35.5. The summed E-state index contributed by atoms with van der Waals surface area (Å²) in [6, 6.07) is 10.0. The maximum atomic E-state index is 12.0. The minimum absolute atomic E-state index is 0.0905. The van der Waals surface area contributed by atoms with E-state index in [-0.39, 0.29) is 18.4 Å². The van der Waals surface area contributed by atoms with Crippen molar-refractivity contribution in [1.82, 2.24) is 0 Å². The molecular formula is C18H18Cl2N2O3. The highest BCUT2D eigenvalue weighted by Gasteiger charge is 2.09. The minimum Gasteiger partial charge on any atom is -0.482 e. The van der Waals surface area contributed by atoms with Crippen LogP contribution in [0.2, 0.25) is 10.0 Å². The summed E-state index contributed by atoms with van der Waals surface area (Å²) in [5.74, 6) is -0.0593. The molecule has 2 aromatic carbocycles. The van der Waals surface area contributed by atoms with Crippen molar-refractivity contribution >= 4 is 46.4 Å². The fourth-order valence-electron chi connectivity index (χ4n) is 2.01. The molecule has 0 heterocycles. The van der Waals surface area contributed by atoms with E-state index in [1.807, 2.05) is 13.0 Å². The van der Waals surface area contributed by atoms with E-state index in [9.17, 15) is 9.59 Å². The van der Waals surface area contributed by atoms with E-state index in [2.05, 4.69) is 10.6 Å². The van der Waals surface area contributed by atoms with Gasteiger partial charge in [0.15, 0.2) is 6.61 Å². The second-order valence-electron chi connectivity index (χ2n) is 5.34. The summed E-state index contributed by atoms with van der Waals surface area (Å²) in [6.07, 6.45) is 0.381. The van der Waals surface area contributed by atoms with Gasteiger partial charge >= 0.3 is 0 Å². The van der Waals surface area contributed by atoms with Crippen LogP contribution >= 0.6 is 23.2 Å². The van der Waals surface area contributed by atoms with E-state index in [1.165, 1.54) is 0 Å². The van der Waals surface area contributed by atoms with Crippen LogP contribution in [-0.4, -0.2) is 18.4 Å². The number of ether oxygens (including phenoxy) is 1. The average Bonchev–Trinajstić information content (AvgIpc) is 2.57. The maximum Gasteiger partial charge on any atom is 0.262 e. The molecule has 0 aliphatic rings. The van der Waals surface area contributed by atoms with Crippen LogP contribution < -0.4 is 15.4 Å². The van der Waals surface area contributed by atoms with E-state index in [4.69, 9.17) is 27.9 Å². The molecule has 0 saturated heterocycles. The minimum atomic E-state index is -0.345. The number of rotatable bonds is 6. The van der Waals surface area contributed by atoms with Gasteiger partial charge in [-0.3, -0.25) is 9.59 Å². The molecule has 0 saturated carbocycles. The molecule has 0 bridgehead atoms. The van der Waals surface area contributed by atoms with Gasteiger partial charge < -0.3 is 15.4 Å². The zero-order valence-electron chi connectivity index (χ0n) is 13.9. The third-order valence-corrected chi connectivity index (χ3v) is 3.90. The summed E-state index contributed by atoms with van der Waals surface area (Å²) in [6.45, 7) is 3.45. The molecule has 0 atom stereocenters. The molecule has 0 aromatic heterocycles. The van der Waals surface area contributed by atoms with Crippen LogP contribution in [0.4, 0.5) is 11.4 Å². The van der Waals surface area contributed by atoms with Crippen molar-refractivity contribution in [3.8, 4) is 5.75 Å². The Bertz CT molecular complexity index is 794. The van der Waals surface area contributed by atoms with Crippen molar-refractivity contribution in [2.24, 2.45) is 0 Å². The third-order valence-electron chi connectivity index (χ3n) is 3.37. The Balaban J connectivity index is 1.98. The normalized spacial score (nSPS) is 10.2. The van der Waals surface area contributed by atoms with Crippen molar-refractivity contribution in [2.75, 3.05) is 17.2 Å². The van der Waals surface area contributed by atoms with Crippen LogP contribution in [0.1, 0.15) is 18.9 Å². The number of carbonyl (C=O) groups is 2. The highest BCUT2D eigenvalue weighted by molar-refractivity contribution is 6.35. The van der Waals surface area contributed by atoms with Gasteiger partial charge in [-0.2, -0.15) is 0 Å². The summed E-state index contributed by atoms with van der Waals surface area (Å²) >= 11 is 11.8. The van der Waals surface area contributed by atoms with E-state index in [0.717, 1.165) is 5.56 Å². The average molecular weight is 381 g/mol. The molecule has 0 radical (unpaired) electrons. The molecule has 132 valence electrons. The molecule has 0 aliphatic heterocycles. The van der Waals surface area contributed by atoms with Gasteiger partial charge in [-0.1, -0.05) is 36.2 Å². The fourth-order valence-corrected chi connectivity index (χ4v) is 2.47. The molecule has 2 N–H and O–H groups in total. The second kappa shape index (κ2) is 8.74. The fraction of sp³-hybridized carbons (Fsp3) is 0.222. The molecule has 7 heteroatoms. The highest BCUT2D eigenvalue weighted by Crippen LogP contribution is 2.27. The molecule has 0 aliphatic carbocycles. The number of aryl methyl sites for hydroxylation is 1. The predicted molar refractivity (Wildman–Crippen MR) is 101 cm³/mol. The van der Waals surface area contributed by atoms with Crippen molar-refractivity contribution < 1.29 is 14.3 Å². The molecular weight excluding hydrogens is 363 g/mol. The summed E-state index contributed by atoms with van der Waals surface area (Å²) < 4.78 is 5.39. The van der Waals surface area contributed by atoms with E-state index in [1.54, 1.807) is 37.3 Å². The Labute approximate surface area is 156 Å². The van der Waals surface area contributed by atoms with Crippen LogP contribution in [0.25, 0.3) is 0 Å². The Morgan fingerprint density at radius 2 is 1.80 bits per heavy atom. The molecule has 0 spiro atoms. The van der Waals surface area contributed by atoms with Gasteiger partial charge in [-0.05, 0) is 42.8 Å². The number of hydrogen-bond acceptors (Lipinski definition) is 3. The van der Waals surface area contributed by atoms with Gasteiger partial charge in [0.1, 0.15) is 5.75 Å². The summed E-state index contributed by atoms with van der Waals surface area (Å²) in [5, 5.41) is 6.33. The standard InChI is InChI=1S/C18H18Cl2N2O3/c1-3-17(23)22-15-9-13(6-4-11(15)2)21-18(24)10-25-16-7-5-12(19)8-14(16)20/h4-9H,3,10H2,1-2H3,(H,21,24)(H,22,23). The summed E-state index contributed by atoms with van der Waals surface area (Å²) in [5.41, 5.74) is 2.13. The number of benzene rings is 2. The number of halogens is 2. The van der Waals surface area contributed by atoms with Crippen LogP contribution in [-0.2, 0) is 9.59 Å². The van der Waals surface area contributed by atoms with Crippen molar-refractivity contribution in [2.45, 2.75) is 20.3 Å². The lowest BCUT2D eigenvalue weighted by Gasteiger charge is -2.12. The zero-order chi connectivity index (χ0) is 18.4. The van der Waals surface area contributed by atoms with Crippen molar-refractivity contribution in [3.05, 3.63) is 52.0 Å². The smallest absolute Gasteiger partial charge is 0.262 e. The number of anilines is 2. The summed E-state index contributed by atoms with van der Waals surface area (Å²) in [4.78, 5) is 23.6. The zero-order valence-corrected chi connectivity index (χ0v) is 15.4. The third kappa shape index (κ3) is 5.66. The van der Waals surface area contributed by atoms with Crippen LogP contribution in [0.5, 0.6) is 5.75 Å². The van der Waals surface area contributed by atoms with Gasteiger partial charge in [-0.25, -0.2) is 0 Å². The molecule has 25 heavy (non-hydrogen) atoms. The van der Waals surface area contributed by atoms with Gasteiger partial charge in [0.2, 0.25) is 5.91 Å². The van der Waals surface area contributed by atoms with Crippen molar-refractivity contribution in [3.63, 3.8) is 0 Å². The number of hydrogen-bond donors (Lipinski definition) is 2. The first-order valence-electron chi connectivity index (χ1n) is 7.67. The van der Waals surface area contributed by atoms with E-state index in [0.29, 0.717) is 33.6 Å². The second-order valence-corrected chi connectivity index (χ2v) is 6.19. The number of carbonyl (C=O) groups excluding carboxylic acids is 2. The molecule has 2 amide bonds. The Morgan fingerprint density at radius 3 is 2.48 bits per heavy atom. The van der Waals surface area contributed by atoms with Gasteiger partial charge in [0.25, 0.3) is 5.91 Å². The van der Waals surface area contributed by atoms with Gasteiger partial charge in [-0.15, -0.1) is 0 Å². The van der Waals surface area contributed by atoms with Crippen LogP contribution in [0, 0.1) is 6.92 Å². The SMILES string of the molecule is CCC(=O)Nc1cc(NC(=O)COc2ccc(Cl)cc2Cl)ccc1C. The van der Waals surface area contributed by atoms with E-state index >= 15 is 0 Å². The Morgan fingerprint density at radius 1 is 1.04 bits per heavy atom. The molecule has 0 unspecified atom stereocenters. The lowest BCUT2D eigenvalue weighted by atomic mass is 10.1. The van der Waals surface area contributed by atoms with Crippen LogP contribution in [0.15, 0.2) is 36.4 Å². The Hall–Kier alpha value is -2.24. The first kappa shape index (κ1) is 19.1. The number of amides is 2. The molecule has 5 nitrogen and oxygen atoms in total. The van der Waals surface area contributed by atoms with Crippen molar-refractivity contribution in [1.29, 1.82) is 0 Å². The van der Waals surface area contributed by atoms with E-state index < -0.39 is 0 Å². The largest absolute Gasteiger partial charge is 0.482 e. The Kier molecular flexibility index (Phi) is 6.67. The monoisotopic (exact) mass is 380 g/mol. The van der Waals surface area contributed by atoms with Crippen LogP contribution in [0.3, 0.4) is 0 Å². The lowest BCUT2D eigenvalue weighted by Crippen LogP contribution is -2.20. The maximum absolute atomic E-state index is 12.0. The van der Waals surface area contributed by atoms with Gasteiger partial charge in [0.05, 0.1) is 5.02 Å². The topological polar surface area (TPSA) is 67.4 Å². The first-order valence-corrected chi connectivity index (χ1v) is 8.43. The van der Waals surface area contributed by atoms with Gasteiger partial charge in [0, 0.05) is 22.8 Å². The predicted octanol–water partition coefficient (Wildman–Crippen LogP) is 4.67. The summed E-state index contributed by atoms with van der Waals surface area (Å²) in [7, 11) is 0. The number of nitrogens with one attached hydrogen (secondary N) is 2. The molecule has 2 rings (SSSR count). The lowest BCUT2D eigenvalue weighted by molar-refractivity contribution is -0.118. The first-order chi connectivity index (χ1) is 11.9. The quantitative estimate of drug-likeness (QED) is 0.764. The molecule has 2 aromatic rings.